The van der Waals surface area contributed by atoms with E-state index in [2.05, 4.69) is 6.92 Å². The summed E-state index contributed by atoms with van der Waals surface area (Å²) in [5.41, 5.74) is 0.150. The zero-order valence-electron chi connectivity index (χ0n) is 13.8. The van der Waals surface area contributed by atoms with Crippen LogP contribution in [0.15, 0.2) is 12.1 Å². The number of halogens is 3. The molecule has 2 aliphatic heterocycles. The molecule has 0 N–H and O–H groups in total. The minimum Gasteiger partial charge on any atom is -0.377 e. The van der Waals surface area contributed by atoms with Crippen molar-refractivity contribution in [2.75, 3.05) is 19.8 Å². The molecule has 2 unspecified atom stereocenters. The first kappa shape index (κ1) is 17.7. The van der Waals surface area contributed by atoms with Crippen molar-refractivity contribution in [2.45, 2.75) is 45.0 Å². The SMILES string of the molecule is CCCC1CCC(C2COC(c3cc(F)c(F)c(F)c3)OC2)OC1. The number of hydrogen-bond donors (Lipinski definition) is 0. The molecule has 0 aliphatic carbocycles. The second kappa shape index (κ2) is 7.85. The predicted octanol–water partition coefficient (Wildman–Crippen LogP) is 4.36. The monoisotopic (exact) mass is 344 g/mol. The summed E-state index contributed by atoms with van der Waals surface area (Å²) < 4.78 is 56.8. The molecule has 2 atom stereocenters. The summed E-state index contributed by atoms with van der Waals surface area (Å²) in [6.45, 7) is 3.74. The van der Waals surface area contributed by atoms with E-state index in [1.165, 1.54) is 12.8 Å². The van der Waals surface area contributed by atoms with E-state index >= 15 is 0 Å². The van der Waals surface area contributed by atoms with Gasteiger partial charge in [-0.1, -0.05) is 13.3 Å². The van der Waals surface area contributed by atoms with Crippen LogP contribution in [0.2, 0.25) is 0 Å². The molecule has 0 bridgehead atoms. The Morgan fingerprint density at radius 3 is 2.17 bits per heavy atom. The molecule has 134 valence electrons. The Morgan fingerprint density at radius 2 is 1.62 bits per heavy atom. The largest absolute Gasteiger partial charge is 0.377 e. The van der Waals surface area contributed by atoms with Crippen molar-refractivity contribution in [1.29, 1.82) is 0 Å². The van der Waals surface area contributed by atoms with Gasteiger partial charge < -0.3 is 14.2 Å². The maximum absolute atomic E-state index is 13.3. The van der Waals surface area contributed by atoms with Crippen LogP contribution in [0.4, 0.5) is 13.2 Å². The third-order valence-corrected chi connectivity index (χ3v) is 4.83. The molecule has 0 spiro atoms. The Labute approximate surface area is 140 Å². The summed E-state index contributed by atoms with van der Waals surface area (Å²) in [6, 6.07) is 1.83. The van der Waals surface area contributed by atoms with E-state index in [-0.39, 0.29) is 17.6 Å². The van der Waals surface area contributed by atoms with Gasteiger partial charge in [0, 0.05) is 18.1 Å². The topological polar surface area (TPSA) is 27.7 Å². The Hall–Kier alpha value is -1.11. The van der Waals surface area contributed by atoms with Gasteiger partial charge in [0.05, 0.1) is 19.3 Å². The first-order valence-electron chi connectivity index (χ1n) is 8.57. The molecular formula is C18H23F3O3. The van der Waals surface area contributed by atoms with Crippen LogP contribution in [0.3, 0.4) is 0 Å². The molecule has 0 radical (unpaired) electrons. The number of hydrogen-bond acceptors (Lipinski definition) is 3. The lowest BCUT2D eigenvalue weighted by atomic mass is 9.89. The third kappa shape index (κ3) is 3.92. The number of rotatable bonds is 4. The summed E-state index contributed by atoms with van der Waals surface area (Å²) >= 11 is 0. The van der Waals surface area contributed by atoms with Gasteiger partial charge in [-0.3, -0.25) is 0 Å². The van der Waals surface area contributed by atoms with Gasteiger partial charge in [-0.2, -0.15) is 0 Å². The number of benzene rings is 1. The zero-order valence-corrected chi connectivity index (χ0v) is 13.8. The lowest BCUT2D eigenvalue weighted by molar-refractivity contribution is -0.227. The molecule has 2 aliphatic rings. The molecule has 0 amide bonds. The Bertz CT molecular complexity index is 527. The summed E-state index contributed by atoms with van der Waals surface area (Å²) in [4.78, 5) is 0. The highest BCUT2D eigenvalue weighted by atomic mass is 19.2. The average molecular weight is 344 g/mol. The van der Waals surface area contributed by atoms with Crippen LogP contribution in [0.5, 0.6) is 0 Å². The van der Waals surface area contributed by atoms with Crippen LogP contribution < -0.4 is 0 Å². The molecule has 0 aromatic heterocycles. The maximum Gasteiger partial charge on any atom is 0.194 e. The fourth-order valence-corrected chi connectivity index (χ4v) is 3.47. The van der Waals surface area contributed by atoms with Crippen molar-refractivity contribution in [3.05, 3.63) is 35.1 Å². The highest BCUT2D eigenvalue weighted by molar-refractivity contribution is 5.20. The molecular weight excluding hydrogens is 321 g/mol. The standard InChI is InChI=1S/C18H23F3O3/c1-2-3-11-4-5-16(22-8-11)13-9-23-18(24-10-13)12-6-14(19)17(21)15(20)7-12/h6-7,11,13,16,18H,2-5,8-10H2,1H3. The van der Waals surface area contributed by atoms with Crippen molar-refractivity contribution in [3.63, 3.8) is 0 Å². The fraction of sp³-hybridized carbons (Fsp3) is 0.667. The highest BCUT2D eigenvalue weighted by Crippen LogP contribution is 2.32. The Kier molecular flexibility index (Phi) is 5.79. The average Bonchev–Trinajstić information content (AvgIpc) is 2.60. The molecule has 3 nitrogen and oxygen atoms in total. The molecule has 3 rings (SSSR count). The van der Waals surface area contributed by atoms with Crippen LogP contribution in [-0.4, -0.2) is 25.9 Å². The third-order valence-electron chi connectivity index (χ3n) is 4.83. The molecule has 2 heterocycles. The van der Waals surface area contributed by atoms with E-state index in [0.29, 0.717) is 19.1 Å². The lowest BCUT2D eigenvalue weighted by Gasteiger charge is -2.37. The molecule has 0 saturated carbocycles. The van der Waals surface area contributed by atoms with Crippen molar-refractivity contribution < 1.29 is 27.4 Å². The van der Waals surface area contributed by atoms with Gasteiger partial charge in [-0.05, 0) is 37.3 Å². The van der Waals surface area contributed by atoms with Crippen molar-refractivity contribution in [2.24, 2.45) is 11.8 Å². The van der Waals surface area contributed by atoms with Crippen molar-refractivity contribution >= 4 is 0 Å². The molecule has 24 heavy (non-hydrogen) atoms. The molecule has 1 aromatic rings. The van der Waals surface area contributed by atoms with Crippen LogP contribution >= 0.6 is 0 Å². The van der Waals surface area contributed by atoms with E-state index in [9.17, 15) is 13.2 Å². The molecule has 6 heteroatoms. The minimum absolute atomic E-state index is 0.0979. The molecule has 2 saturated heterocycles. The van der Waals surface area contributed by atoms with E-state index in [4.69, 9.17) is 14.2 Å². The second-order valence-electron chi connectivity index (χ2n) is 6.66. The summed E-state index contributed by atoms with van der Waals surface area (Å²) in [5, 5.41) is 0. The summed E-state index contributed by atoms with van der Waals surface area (Å²) in [6.07, 6.45) is 3.71. The van der Waals surface area contributed by atoms with E-state index in [0.717, 1.165) is 31.6 Å². The summed E-state index contributed by atoms with van der Waals surface area (Å²) in [7, 11) is 0. The second-order valence-corrected chi connectivity index (χ2v) is 6.66. The van der Waals surface area contributed by atoms with Gasteiger partial charge in [0.25, 0.3) is 0 Å². The first-order chi connectivity index (χ1) is 11.6. The van der Waals surface area contributed by atoms with Crippen LogP contribution in [0, 0.1) is 29.3 Å². The lowest BCUT2D eigenvalue weighted by Crippen LogP contribution is -2.40. The van der Waals surface area contributed by atoms with Crippen molar-refractivity contribution in [1.82, 2.24) is 0 Å². The fourth-order valence-electron chi connectivity index (χ4n) is 3.47. The van der Waals surface area contributed by atoms with Crippen LogP contribution in [0.1, 0.15) is 44.5 Å². The smallest absolute Gasteiger partial charge is 0.194 e. The zero-order chi connectivity index (χ0) is 17.1. The van der Waals surface area contributed by atoms with Gasteiger partial charge in [0.1, 0.15) is 0 Å². The minimum atomic E-state index is -1.48. The van der Waals surface area contributed by atoms with Crippen LogP contribution in [0.25, 0.3) is 0 Å². The maximum atomic E-state index is 13.3. The normalized spacial score (nSPS) is 31.2. The molecule has 2 fully saturated rings. The van der Waals surface area contributed by atoms with Gasteiger partial charge in [0.15, 0.2) is 23.7 Å². The van der Waals surface area contributed by atoms with Gasteiger partial charge >= 0.3 is 0 Å². The summed E-state index contributed by atoms with van der Waals surface area (Å²) in [5.74, 6) is -3.22. The Balaban J connectivity index is 1.53. The van der Waals surface area contributed by atoms with Crippen molar-refractivity contribution in [3.8, 4) is 0 Å². The van der Waals surface area contributed by atoms with E-state index in [1.807, 2.05) is 0 Å². The molecule has 1 aromatic carbocycles. The Morgan fingerprint density at radius 1 is 0.958 bits per heavy atom. The van der Waals surface area contributed by atoms with Gasteiger partial charge in [0.2, 0.25) is 0 Å². The highest BCUT2D eigenvalue weighted by Gasteiger charge is 2.33. The van der Waals surface area contributed by atoms with Gasteiger partial charge in [-0.25, -0.2) is 13.2 Å². The first-order valence-corrected chi connectivity index (χ1v) is 8.57. The number of ether oxygens (including phenoxy) is 3. The quantitative estimate of drug-likeness (QED) is 0.760. The van der Waals surface area contributed by atoms with E-state index in [1.54, 1.807) is 0 Å². The van der Waals surface area contributed by atoms with Gasteiger partial charge in [-0.15, -0.1) is 0 Å². The van der Waals surface area contributed by atoms with E-state index < -0.39 is 23.7 Å². The van der Waals surface area contributed by atoms with Crippen LogP contribution in [-0.2, 0) is 14.2 Å². The predicted molar refractivity (Wildman–Crippen MR) is 81.8 cm³/mol.